The minimum atomic E-state index is -0.179. The summed E-state index contributed by atoms with van der Waals surface area (Å²) in [5.41, 5.74) is 3.06. The first kappa shape index (κ1) is 18.5. The van der Waals surface area contributed by atoms with Crippen LogP contribution in [0.25, 0.3) is 0 Å². The van der Waals surface area contributed by atoms with Gasteiger partial charge in [0.2, 0.25) is 5.91 Å². The van der Waals surface area contributed by atoms with Crippen LogP contribution in [0.3, 0.4) is 0 Å². The molecule has 5 nitrogen and oxygen atoms in total. The number of carbonyl (C=O) groups is 2. The van der Waals surface area contributed by atoms with Crippen LogP contribution in [0.1, 0.15) is 35.7 Å². The van der Waals surface area contributed by atoms with Gasteiger partial charge in [0.25, 0.3) is 5.91 Å². The molecule has 2 aromatic rings. The lowest BCUT2D eigenvalue weighted by atomic mass is 10.1. The molecule has 0 spiro atoms. The van der Waals surface area contributed by atoms with E-state index in [4.69, 9.17) is 0 Å². The Balaban J connectivity index is 1.97. The molecule has 0 aliphatic heterocycles. The van der Waals surface area contributed by atoms with E-state index < -0.39 is 0 Å². The summed E-state index contributed by atoms with van der Waals surface area (Å²) in [6, 6.07) is 14.7. The van der Waals surface area contributed by atoms with Gasteiger partial charge < -0.3 is 16.0 Å². The monoisotopic (exact) mass is 339 g/mol. The largest absolute Gasteiger partial charge is 0.376 e. The van der Waals surface area contributed by atoms with Crippen molar-refractivity contribution in [3.8, 4) is 0 Å². The van der Waals surface area contributed by atoms with E-state index in [1.807, 2.05) is 43.3 Å². The van der Waals surface area contributed by atoms with Crippen molar-refractivity contribution in [1.29, 1.82) is 0 Å². The fourth-order valence-corrected chi connectivity index (χ4v) is 2.32. The van der Waals surface area contributed by atoms with Crippen LogP contribution in [-0.2, 0) is 4.79 Å². The van der Waals surface area contributed by atoms with Crippen molar-refractivity contribution in [1.82, 2.24) is 5.32 Å². The molecule has 0 saturated heterocycles. The zero-order valence-electron chi connectivity index (χ0n) is 14.8. The first-order valence-corrected chi connectivity index (χ1v) is 8.57. The molecule has 0 aromatic heterocycles. The van der Waals surface area contributed by atoms with Gasteiger partial charge in [0, 0.05) is 23.5 Å². The van der Waals surface area contributed by atoms with Gasteiger partial charge in [0.1, 0.15) is 0 Å². The van der Waals surface area contributed by atoms with Crippen molar-refractivity contribution in [2.45, 2.75) is 26.7 Å². The third-order valence-corrected chi connectivity index (χ3v) is 3.82. The van der Waals surface area contributed by atoms with Crippen LogP contribution < -0.4 is 16.0 Å². The van der Waals surface area contributed by atoms with Gasteiger partial charge >= 0.3 is 0 Å². The standard InChI is InChI=1S/C20H25N3O2/c1-3-4-12-21-19(24)14-22-18-13-16(11-10-15(18)2)20(25)23-17-8-6-5-7-9-17/h5-11,13,22H,3-4,12,14H2,1-2H3,(H,21,24)(H,23,25). The van der Waals surface area contributed by atoms with E-state index in [1.54, 1.807) is 12.1 Å². The highest BCUT2D eigenvalue weighted by atomic mass is 16.2. The second-order valence-corrected chi connectivity index (χ2v) is 5.91. The van der Waals surface area contributed by atoms with E-state index in [1.165, 1.54) is 0 Å². The van der Waals surface area contributed by atoms with Crippen LogP contribution in [-0.4, -0.2) is 24.9 Å². The summed E-state index contributed by atoms with van der Waals surface area (Å²) >= 11 is 0. The Morgan fingerprint density at radius 3 is 2.52 bits per heavy atom. The molecule has 25 heavy (non-hydrogen) atoms. The van der Waals surface area contributed by atoms with Crippen molar-refractivity contribution >= 4 is 23.2 Å². The van der Waals surface area contributed by atoms with Crippen LogP contribution in [0.2, 0.25) is 0 Å². The van der Waals surface area contributed by atoms with Crippen LogP contribution in [0.15, 0.2) is 48.5 Å². The van der Waals surface area contributed by atoms with Crippen molar-refractivity contribution in [3.05, 3.63) is 59.7 Å². The molecular weight excluding hydrogens is 314 g/mol. The molecule has 132 valence electrons. The quantitative estimate of drug-likeness (QED) is 0.644. The van der Waals surface area contributed by atoms with Crippen molar-refractivity contribution in [2.75, 3.05) is 23.7 Å². The number of anilines is 2. The second kappa shape index (κ2) is 9.47. The van der Waals surface area contributed by atoms with Crippen LogP contribution >= 0.6 is 0 Å². The predicted octanol–water partition coefficient (Wildman–Crippen LogP) is 3.58. The van der Waals surface area contributed by atoms with Crippen molar-refractivity contribution in [3.63, 3.8) is 0 Å². The number of amides is 2. The number of benzene rings is 2. The zero-order valence-corrected chi connectivity index (χ0v) is 14.8. The third-order valence-electron chi connectivity index (χ3n) is 3.82. The minimum absolute atomic E-state index is 0.0491. The van der Waals surface area contributed by atoms with Gasteiger partial charge in [-0.05, 0) is 43.2 Å². The molecule has 0 saturated carbocycles. The van der Waals surface area contributed by atoms with Crippen LogP contribution in [0.5, 0.6) is 0 Å². The highest BCUT2D eigenvalue weighted by molar-refractivity contribution is 6.05. The Kier molecular flexibility index (Phi) is 7.01. The fourth-order valence-electron chi connectivity index (χ4n) is 2.32. The lowest BCUT2D eigenvalue weighted by molar-refractivity contribution is -0.119. The molecule has 0 heterocycles. The maximum atomic E-state index is 12.4. The van der Waals surface area contributed by atoms with Gasteiger partial charge in [0.15, 0.2) is 0 Å². The summed E-state index contributed by atoms with van der Waals surface area (Å²) in [5, 5.41) is 8.83. The number of carbonyl (C=O) groups excluding carboxylic acids is 2. The molecule has 2 rings (SSSR count). The summed E-state index contributed by atoms with van der Waals surface area (Å²) in [6.07, 6.45) is 2.02. The highest BCUT2D eigenvalue weighted by Gasteiger charge is 2.09. The van der Waals surface area contributed by atoms with Gasteiger partial charge in [-0.3, -0.25) is 9.59 Å². The second-order valence-electron chi connectivity index (χ2n) is 5.91. The lowest BCUT2D eigenvalue weighted by Crippen LogP contribution is -2.30. The Morgan fingerprint density at radius 1 is 1.04 bits per heavy atom. The molecule has 5 heteroatoms. The zero-order chi connectivity index (χ0) is 18.1. The fraction of sp³-hybridized carbons (Fsp3) is 0.300. The van der Waals surface area contributed by atoms with E-state index in [9.17, 15) is 9.59 Å². The summed E-state index contributed by atoms with van der Waals surface area (Å²) in [6.45, 7) is 4.90. The van der Waals surface area contributed by atoms with Gasteiger partial charge in [-0.2, -0.15) is 0 Å². The van der Waals surface area contributed by atoms with Gasteiger partial charge in [-0.1, -0.05) is 37.6 Å². The van der Waals surface area contributed by atoms with Crippen molar-refractivity contribution in [2.24, 2.45) is 0 Å². The minimum Gasteiger partial charge on any atom is -0.376 e. The number of unbranched alkanes of at least 4 members (excludes halogenated alkanes) is 1. The smallest absolute Gasteiger partial charge is 0.255 e. The number of para-hydroxylation sites is 1. The van der Waals surface area contributed by atoms with E-state index >= 15 is 0 Å². The first-order valence-electron chi connectivity index (χ1n) is 8.57. The molecule has 0 bridgehead atoms. The average Bonchev–Trinajstić information content (AvgIpc) is 2.62. The molecule has 0 aliphatic rings. The Morgan fingerprint density at radius 2 is 1.80 bits per heavy atom. The molecule has 0 aliphatic carbocycles. The summed E-state index contributed by atoms with van der Waals surface area (Å²) in [7, 11) is 0. The number of nitrogens with one attached hydrogen (secondary N) is 3. The highest BCUT2D eigenvalue weighted by Crippen LogP contribution is 2.18. The lowest BCUT2D eigenvalue weighted by Gasteiger charge is -2.12. The summed E-state index contributed by atoms with van der Waals surface area (Å²) in [4.78, 5) is 24.2. The van der Waals surface area contributed by atoms with Crippen molar-refractivity contribution < 1.29 is 9.59 Å². The molecule has 0 unspecified atom stereocenters. The Labute approximate surface area is 148 Å². The molecule has 2 aromatic carbocycles. The van der Waals surface area contributed by atoms with E-state index in [0.29, 0.717) is 12.1 Å². The number of hydrogen-bond donors (Lipinski definition) is 3. The molecule has 0 atom stereocenters. The van der Waals surface area contributed by atoms with Gasteiger partial charge in [-0.25, -0.2) is 0 Å². The predicted molar refractivity (Wildman–Crippen MR) is 102 cm³/mol. The van der Waals surface area contributed by atoms with Gasteiger partial charge in [-0.15, -0.1) is 0 Å². The Hall–Kier alpha value is -2.82. The molecule has 0 radical (unpaired) electrons. The number of aryl methyl sites for hydroxylation is 1. The number of rotatable bonds is 8. The molecular formula is C20H25N3O2. The molecule has 3 N–H and O–H groups in total. The summed E-state index contributed by atoms with van der Waals surface area (Å²) < 4.78 is 0. The SMILES string of the molecule is CCCCNC(=O)CNc1cc(C(=O)Nc2ccccc2)ccc1C. The average molecular weight is 339 g/mol. The maximum absolute atomic E-state index is 12.4. The Bertz CT molecular complexity index is 714. The molecule has 2 amide bonds. The number of hydrogen-bond acceptors (Lipinski definition) is 3. The van der Waals surface area contributed by atoms with Crippen LogP contribution in [0, 0.1) is 6.92 Å². The third kappa shape index (κ3) is 5.95. The topological polar surface area (TPSA) is 70.2 Å². The normalized spacial score (nSPS) is 10.2. The van der Waals surface area contributed by atoms with E-state index in [2.05, 4.69) is 22.9 Å². The summed E-state index contributed by atoms with van der Waals surface area (Å²) in [5.74, 6) is -0.228. The van der Waals surface area contributed by atoms with E-state index in [-0.39, 0.29) is 18.4 Å². The first-order chi connectivity index (χ1) is 12.1. The maximum Gasteiger partial charge on any atom is 0.255 e. The van der Waals surface area contributed by atoms with Gasteiger partial charge in [0.05, 0.1) is 6.54 Å². The van der Waals surface area contributed by atoms with E-state index in [0.717, 1.165) is 29.8 Å². The molecule has 0 fully saturated rings. The van der Waals surface area contributed by atoms with Crippen LogP contribution in [0.4, 0.5) is 11.4 Å².